The molecule has 1 saturated carbocycles. The molecule has 4 nitrogen and oxygen atoms in total. The smallest absolute Gasteiger partial charge is 0.223 e. The second-order valence-corrected chi connectivity index (χ2v) is 5.11. The van der Waals surface area contributed by atoms with Crippen molar-refractivity contribution in [2.45, 2.75) is 38.5 Å². The molecule has 1 aromatic rings. The summed E-state index contributed by atoms with van der Waals surface area (Å²) >= 11 is 0. The second-order valence-electron chi connectivity index (χ2n) is 5.11. The number of hydrogen-bond acceptors (Lipinski definition) is 2. The molecule has 1 aromatic heterocycles. The van der Waals surface area contributed by atoms with Gasteiger partial charge in [-0.3, -0.25) is 9.59 Å². The van der Waals surface area contributed by atoms with Crippen LogP contribution in [-0.4, -0.2) is 16.3 Å². The second kappa shape index (κ2) is 5.38. The van der Waals surface area contributed by atoms with Crippen LogP contribution in [0.15, 0.2) is 12.1 Å². The Labute approximate surface area is 107 Å². The topological polar surface area (TPSA) is 65.1 Å². The van der Waals surface area contributed by atoms with E-state index in [0.29, 0.717) is 5.69 Å². The average molecular weight is 248 g/mol. The van der Waals surface area contributed by atoms with E-state index in [2.05, 4.69) is 0 Å². The zero-order chi connectivity index (χ0) is 13.1. The molecule has 0 saturated heterocycles. The van der Waals surface area contributed by atoms with E-state index in [1.807, 2.05) is 23.7 Å². The molecular weight excluding hydrogens is 228 g/mol. The zero-order valence-corrected chi connectivity index (χ0v) is 10.8. The fraction of sp³-hybridized carbons (Fsp3) is 0.571. The number of nitrogens with zero attached hydrogens (tertiary/aromatic N) is 1. The summed E-state index contributed by atoms with van der Waals surface area (Å²) in [7, 11) is 1.83. The minimum Gasteiger partial charge on any atom is -0.369 e. The molecule has 1 aliphatic carbocycles. The van der Waals surface area contributed by atoms with Gasteiger partial charge in [-0.2, -0.15) is 0 Å². The summed E-state index contributed by atoms with van der Waals surface area (Å²) in [6, 6.07) is 3.63. The molecular formula is C14H20N2O2. The van der Waals surface area contributed by atoms with Gasteiger partial charge in [-0.05, 0) is 25.0 Å². The lowest BCUT2D eigenvalue weighted by molar-refractivity contribution is -0.117. The van der Waals surface area contributed by atoms with Crippen LogP contribution in [0.1, 0.15) is 48.3 Å². The van der Waals surface area contributed by atoms with Crippen LogP contribution in [0.3, 0.4) is 0 Å². The third-order valence-corrected chi connectivity index (χ3v) is 3.81. The molecule has 1 amide bonds. The predicted octanol–water partition coefficient (Wildman–Crippen LogP) is 1.82. The molecule has 0 spiro atoms. The number of carbonyl (C=O) groups is 2. The van der Waals surface area contributed by atoms with Gasteiger partial charge in [0.25, 0.3) is 0 Å². The van der Waals surface area contributed by atoms with Crippen molar-refractivity contribution in [2.24, 2.45) is 18.7 Å². The Kier molecular flexibility index (Phi) is 3.84. The first-order valence-electron chi connectivity index (χ1n) is 6.56. The van der Waals surface area contributed by atoms with Crippen LogP contribution >= 0.6 is 0 Å². The van der Waals surface area contributed by atoms with Crippen LogP contribution in [0, 0.1) is 5.92 Å². The van der Waals surface area contributed by atoms with E-state index in [9.17, 15) is 9.59 Å². The fourth-order valence-corrected chi connectivity index (χ4v) is 2.73. The Balaban J connectivity index is 2.15. The number of ketones is 1. The molecule has 0 aromatic carbocycles. The maximum Gasteiger partial charge on any atom is 0.223 e. The number of rotatable bonds is 4. The van der Waals surface area contributed by atoms with Crippen LogP contribution < -0.4 is 5.73 Å². The lowest BCUT2D eigenvalue weighted by Gasteiger charge is -2.20. The van der Waals surface area contributed by atoms with Gasteiger partial charge in [0.05, 0.1) is 12.1 Å². The molecule has 0 unspecified atom stereocenters. The molecule has 0 bridgehead atoms. The van der Waals surface area contributed by atoms with Crippen molar-refractivity contribution < 1.29 is 9.59 Å². The van der Waals surface area contributed by atoms with E-state index in [1.165, 1.54) is 6.42 Å². The average Bonchev–Trinajstić information content (AvgIpc) is 2.71. The normalized spacial score (nSPS) is 16.7. The van der Waals surface area contributed by atoms with Crippen molar-refractivity contribution in [3.05, 3.63) is 23.5 Å². The van der Waals surface area contributed by atoms with Crippen LogP contribution in [0.2, 0.25) is 0 Å². The molecule has 0 aliphatic heterocycles. The highest BCUT2D eigenvalue weighted by Gasteiger charge is 2.24. The number of carbonyl (C=O) groups excluding carboxylic acids is 2. The number of amides is 1. The van der Waals surface area contributed by atoms with E-state index >= 15 is 0 Å². The molecule has 98 valence electrons. The number of hydrogen-bond donors (Lipinski definition) is 1. The van der Waals surface area contributed by atoms with Crippen LogP contribution in [0.4, 0.5) is 0 Å². The van der Waals surface area contributed by atoms with Gasteiger partial charge in [0.1, 0.15) is 0 Å². The lowest BCUT2D eigenvalue weighted by Crippen LogP contribution is -2.21. The third-order valence-electron chi connectivity index (χ3n) is 3.81. The summed E-state index contributed by atoms with van der Waals surface area (Å²) in [4.78, 5) is 23.3. The van der Waals surface area contributed by atoms with E-state index in [0.717, 1.165) is 31.4 Å². The Bertz CT molecular complexity index is 456. The monoisotopic (exact) mass is 248 g/mol. The first-order valence-corrected chi connectivity index (χ1v) is 6.56. The van der Waals surface area contributed by atoms with Crippen LogP contribution in [-0.2, 0) is 18.3 Å². The predicted molar refractivity (Wildman–Crippen MR) is 69.2 cm³/mol. The molecule has 1 heterocycles. The van der Waals surface area contributed by atoms with Crippen molar-refractivity contribution in [1.82, 2.24) is 4.57 Å². The quantitative estimate of drug-likeness (QED) is 0.826. The van der Waals surface area contributed by atoms with Gasteiger partial charge in [0.2, 0.25) is 5.91 Å². The van der Waals surface area contributed by atoms with Gasteiger partial charge in [0.15, 0.2) is 5.78 Å². The molecule has 2 N–H and O–H groups in total. The van der Waals surface area contributed by atoms with Gasteiger partial charge in [0, 0.05) is 18.7 Å². The number of nitrogens with two attached hydrogens (primary N) is 1. The summed E-state index contributed by atoms with van der Waals surface area (Å²) < 4.78 is 1.81. The summed E-state index contributed by atoms with van der Waals surface area (Å²) in [6.07, 6.45) is 5.71. The molecule has 1 aliphatic rings. The van der Waals surface area contributed by atoms with Crippen LogP contribution in [0.25, 0.3) is 0 Å². The molecule has 1 fully saturated rings. The summed E-state index contributed by atoms with van der Waals surface area (Å²) in [5.41, 5.74) is 6.70. The first kappa shape index (κ1) is 12.9. The van der Waals surface area contributed by atoms with Gasteiger partial charge < -0.3 is 10.3 Å². The maximum atomic E-state index is 12.4. The summed E-state index contributed by atoms with van der Waals surface area (Å²) in [5.74, 6) is 0.00886. The van der Waals surface area contributed by atoms with E-state index in [1.54, 1.807) is 0 Å². The van der Waals surface area contributed by atoms with Crippen molar-refractivity contribution in [1.29, 1.82) is 0 Å². The zero-order valence-electron chi connectivity index (χ0n) is 10.8. The van der Waals surface area contributed by atoms with Crippen molar-refractivity contribution in [3.8, 4) is 0 Å². The highest BCUT2D eigenvalue weighted by molar-refractivity contribution is 5.96. The Morgan fingerprint density at radius 2 is 1.94 bits per heavy atom. The third kappa shape index (κ3) is 2.63. The Hall–Kier alpha value is -1.58. The largest absolute Gasteiger partial charge is 0.369 e. The molecule has 18 heavy (non-hydrogen) atoms. The van der Waals surface area contributed by atoms with Crippen molar-refractivity contribution in [3.63, 3.8) is 0 Å². The maximum absolute atomic E-state index is 12.4. The highest BCUT2D eigenvalue weighted by Crippen LogP contribution is 2.27. The minimum atomic E-state index is -0.368. The van der Waals surface area contributed by atoms with E-state index in [-0.39, 0.29) is 24.0 Å². The standard InChI is InChI=1S/C14H20N2O2/c1-16-11(9-13(15)17)7-8-12(16)14(18)10-5-3-2-4-6-10/h7-8,10H,2-6,9H2,1H3,(H2,15,17). The molecule has 0 radical (unpaired) electrons. The van der Waals surface area contributed by atoms with Gasteiger partial charge in [-0.15, -0.1) is 0 Å². The van der Waals surface area contributed by atoms with Crippen molar-refractivity contribution >= 4 is 11.7 Å². The molecule has 2 rings (SSSR count). The summed E-state index contributed by atoms with van der Waals surface area (Å²) in [5, 5.41) is 0. The Morgan fingerprint density at radius 1 is 1.28 bits per heavy atom. The lowest BCUT2D eigenvalue weighted by atomic mass is 9.85. The summed E-state index contributed by atoms with van der Waals surface area (Å²) in [6.45, 7) is 0. The van der Waals surface area contributed by atoms with Gasteiger partial charge in [-0.25, -0.2) is 0 Å². The van der Waals surface area contributed by atoms with Crippen molar-refractivity contribution in [2.75, 3.05) is 0 Å². The van der Waals surface area contributed by atoms with E-state index in [4.69, 9.17) is 5.73 Å². The molecule has 0 atom stereocenters. The molecule has 4 heteroatoms. The van der Waals surface area contributed by atoms with Crippen LogP contribution in [0.5, 0.6) is 0 Å². The van der Waals surface area contributed by atoms with Gasteiger partial charge >= 0.3 is 0 Å². The number of Topliss-reactive ketones (excluding diaryl/α,β-unsaturated/α-hetero) is 1. The highest BCUT2D eigenvalue weighted by atomic mass is 16.1. The number of aromatic nitrogens is 1. The first-order chi connectivity index (χ1) is 8.59. The SMILES string of the molecule is Cn1c(CC(N)=O)ccc1C(=O)C1CCCCC1. The minimum absolute atomic E-state index is 0.161. The Morgan fingerprint density at radius 3 is 2.56 bits per heavy atom. The fourth-order valence-electron chi connectivity index (χ4n) is 2.73. The number of primary amides is 1. The van der Waals surface area contributed by atoms with Gasteiger partial charge in [-0.1, -0.05) is 19.3 Å². The van der Waals surface area contributed by atoms with E-state index < -0.39 is 0 Å².